The maximum Gasteiger partial charge on any atom is 0.125 e. The fraction of sp³-hybridized carbons (Fsp3) is 0.462. The first kappa shape index (κ1) is 10.6. The minimum absolute atomic E-state index is 0.178. The molecule has 0 spiro atoms. The van der Waals surface area contributed by atoms with Crippen LogP contribution in [0.3, 0.4) is 0 Å². The van der Waals surface area contributed by atoms with Crippen LogP contribution in [0.15, 0.2) is 24.3 Å². The molecule has 0 radical (unpaired) electrons. The van der Waals surface area contributed by atoms with Crippen LogP contribution in [-0.4, -0.2) is 5.75 Å². The number of rotatable bonds is 0. The molecule has 1 unspecified atom stereocenters. The molecule has 0 aliphatic carbocycles. The van der Waals surface area contributed by atoms with Crippen molar-refractivity contribution in [2.75, 3.05) is 5.75 Å². The predicted molar refractivity (Wildman–Crippen MR) is 64.9 cm³/mol. The Bertz CT molecular complexity index is 430. The minimum Gasteiger partial charge on any atom is -0.196 e. The second-order valence-corrected chi connectivity index (χ2v) is 6.26. The average Bonchev–Trinajstić information content (AvgIpc) is 2.25. The lowest BCUT2D eigenvalue weighted by atomic mass is 9.79. The van der Waals surface area contributed by atoms with Crippen LogP contribution in [0.2, 0.25) is 0 Å². The highest BCUT2D eigenvalue weighted by molar-refractivity contribution is 8.00. The molecule has 2 heteroatoms. The van der Waals surface area contributed by atoms with Gasteiger partial charge in [0.15, 0.2) is 0 Å². The Morgan fingerprint density at radius 3 is 2.40 bits per heavy atom. The van der Waals surface area contributed by atoms with Crippen molar-refractivity contribution in [3.05, 3.63) is 35.4 Å². The average molecular weight is 217 g/mol. The summed E-state index contributed by atoms with van der Waals surface area (Å²) in [7, 11) is 0. The van der Waals surface area contributed by atoms with Gasteiger partial charge in [-0.1, -0.05) is 38.1 Å². The molecule has 1 aromatic rings. The lowest BCUT2D eigenvalue weighted by molar-refractivity contribution is 0.572. The lowest BCUT2D eigenvalue weighted by Gasteiger charge is -2.39. The van der Waals surface area contributed by atoms with Gasteiger partial charge in [0.1, 0.15) is 4.75 Å². The van der Waals surface area contributed by atoms with Crippen LogP contribution < -0.4 is 0 Å². The zero-order valence-corrected chi connectivity index (χ0v) is 10.2. The minimum atomic E-state index is -0.369. The Morgan fingerprint density at radius 2 is 1.80 bits per heavy atom. The summed E-state index contributed by atoms with van der Waals surface area (Å²) >= 11 is 1.75. The Morgan fingerprint density at radius 1 is 1.20 bits per heavy atom. The summed E-state index contributed by atoms with van der Waals surface area (Å²) in [5.41, 5.74) is 2.69. The Hall–Kier alpha value is -0.940. The van der Waals surface area contributed by atoms with Gasteiger partial charge in [-0.05, 0) is 23.5 Å². The third-order valence-corrected chi connectivity index (χ3v) is 4.86. The highest BCUT2D eigenvalue weighted by atomic mass is 32.2. The number of nitrogens with zero attached hydrogens (tertiary/aromatic N) is 1. The van der Waals surface area contributed by atoms with Crippen LogP contribution in [0, 0.1) is 11.3 Å². The number of hydrogen-bond donors (Lipinski definition) is 0. The Labute approximate surface area is 95.5 Å². The normalized spacial score (nSPS) is 27.9. The summed E-state index contributed by atoms with van der Waals surface area (Å²) in [6.45, 7) is 6.51. The zero-order valence-electron chi connectivity index (χ0n) is 9.37. The molecule has 0 fully saturated rings. The van der Waals surface area contributed by atoms with Gasteiger partial charge in [0.05, 0.1) is 6.07 Å². The monoisotopic (exact) mass is 217 g/mol. The third kappa shape index (κ3) is 1.55. The summed E-state index contributed by atoms with van der Waals surface area (Å²) in [4.78, 5) is 0. The van der Waals surface area contributed by atoms with Crippen molar-refractivity contribution in [1.82, 2.24) is 0 Å². The Kier molecular flexibility index (Phi) is 2.31. The van der Waals surface area contributed by atoms with Crippen LogP contribution in [0.1, 0.15) is 31.9 Å². The molecule has 1 aromatic carbocycles. The van der Waals surface area contributed by atoms with Crippen LogP contribution >= 0.6 is 11.8 Å². The lowest BCUT2D eigenvalue weighted by Crippen LogP contribution is -2.34. The van der Waals surface area contributed by atoms with Crippen molar-refractivity contribution in [3.63, 3.8) is 0 Å². The molecule has 1 nitrogen and oxygen atoms in total. The second kappa shape index (κ2) is 3.28. The maximum absolute atomic E-state index is 9.30. The van der Waals surface area contributed by atoms with Crippen LogP contribution in [0.5, 0.6) is 0 Å². The first-order valence-electron chi connectivity index (χ1n) is 5.15. The quantitative estimate of drug-likeness (QED) is 0.664. The molecular formula is C13H15NS. The highest BCUT2D eigenvalue weighted by Crippen LogP contribution is 2.48. The van der Waals surface area contributed by atoms with Gasteiger partial charge in [0, 0.05) is 5.75 Å². The first-order valence-corrected chi connectivity index (χ1v) is 6.13. The van der Waals surface area contributed by atoms with E-state index in [9.17, 15) is 5.26 Å². The largest absolute Gasteiger partial charge is 0.196 e. The van der Waals surface area contributed by atoms with E-state index in [1.807, 2.05) is 13.0 Å². The zero-order chi connectivity index (χ0) is 11.1. The van der Waals surface area contributed by atoms with E-state index < -0.39 is 0 Å². The molecule has 0 N–H and O–H groups in total. The summed E-state index contributed by atoms with van der Waals surface area (Å²) in [5.74, 6) is 1.01. The van der Waals surface area contributed by atoms with Gasteiger partial charge < -0.3 is 0 Å². The molecule has 78 valence electrons. The highest BCUT2D eigenvalue weighted by Gasteiger charge is 2.40. The molecule has 0 bridgehead atoms. The van der Waals surface area contributed by atoms with Gasteiger partial charge in [0.25, 0.3) is 0 Å². The molecule has 15 heavy (non-hydrogen) atoms. The van der Waals surface area contributed by atoms with Gasteiger partial charge in [-0.25, -0.2) is 0 Å². The van der Waals surface area contributed by atoms with E-state index in [1.54, 1.807) is 11.8 Å². The molecule has 0 saturated carbocycles. The van der Waals surface area contributed by atoms with E-state index in [0.717, 1.165) is 5.75 Å². The van der Waals surface area contributed by atoms with Crippen molar-refractivity contribution in [2.45, 2.75) is 30.9 Å². The molecule has 0 amide bonds. The molecular weight excluding hydrogens is 202 g/mol. The standard InChI is InChI=1S/C13H15NS/c1-12(2)9-15-13(3,8-14)11-7-5-4-6-10(11)12/h4-7H,9H2,1-3H3. The first-order chi connectivity index (χ1) is 6.99. The smallest absolute Gasteiger partial charge is 0.125 e. The topological polar surface area (TPSA) is 23.8 Å². The predicted octanol–water partition coefficient (Wildman–Crippen LogP) is 3.45. The van der Waals surface area contributed by atoms with Gasteiger partial charge >= 0.3 is 0 Å². The van der Waals surface area contributed by atoms with Crippen molar-refractivity contribution in [2.24, 2.45) is 0 Å². The summed E-state index contributed by atoms with van der Waals surface area (Å²) in [6, 6.07) is 10.8. The van der Waals surface area contributed by atoms with Crippen molar-refractivity contribution in [3.8, 4) is 6.07 Å². The van der Waals surface area contributed by atoms with Crippen molar-refractivity contribution >= 4 is 11.8 Å². The van der Waals surface area contributed by atoms with E-state index >= 15 is 0 Å². The molecule has 1 atom stereocenters. The Balaban J connectivity index is 2.65. The molecule has 1 aliphatic rings. The maximum atomic E-state index is 9.30. The van der Waals surface area contributed by atoms with E-state index in [2.05, 4.69) is 38.1 Å². The van der Waals surface area contributed by atoms with Crippen LogP contribution in [-0.2, 0) is 10.2 Å². The SMILES string of the molecule is CC1(C)CSC(C)(C#N)c2ccccc21. The van der Waals surface area contributed by atoms with Gasteiger partial charge in [-0.15, -0.1) is 11.8 Å². The second-order valence-electron chi connectivity index (χ2n) is 4.86. The van der Waals surface area contributed by atoms with Crippen LogP contribution in [0.25, 0.3) is 0 Å². The molecule has 1 aliphatic heterocycles. The fourth-order valence-corrected chi connectivity index (χ4v) is 3.27. The number of hydrogen-bond acceptors (Lipinski definition) is 2. The fourth-order valence-electron chi connectivity index (χ4n) is 2.06. The van der Waals surface area contributed by atoms with E-state index in [1.165, 1.54) is 11.1 Å². The summed E-state index contributed by atoms with van der Waals surface area (Å²) in [6.07, 6.45) is 0. The van der Waals surface area contributed by atoms with Gasteiger partial charge in [-0.2, -0.15) is 5.26 Å². The van der Waals surface area contributed by atoms with Gasteiger partial charge in [0.2, 0.25) is 0 Å². The number of thioether (sulfide) groups is 1. The van der Waals surface area contributed by atoms with Crippen molar-refractivity contribution in [1.29, 1.82) is 5.26 Å². The number of fused-ring (bicyclic) bond motifs is 1. The molecule has 1 heterocycles. The number of benzene rings is 1. The molecule has 0 saturated heterocycles. The third-order valence-electron chi connectivity index (χ3n) is 3.11. The molecule has 2 rings (SSSR count). The van der Waals surface area contributed by atoms with Gasteiger partial charge in [-0.3, -0.25) is 0 Å². The van der Waals surface area contributed by atoms with Crippen LogP contribution in [0.4, 0.5) is 0 Å². The van der Waals surface area contributed by atoms with E-state index in [4.69, 9.17) is 0 Å². The van der Waals surface area contributed by atoms with Crippen molar-refractivity contribution < 1.29 is 0 Å². The summed E-state index contributed by atoms with van der Waals surface area (Å²) in [5, 5.41) is 9.30. The summed E-state index contributed by atoms with van der Waals surface area (Å²) < 4.78 is -0.369. The molecule has 0 aromatic heterocycles. The number of nitriles is 1. The van der Waals surface area contributed by atoms with E-state index in [0.29, 0.717) is 0 Å². The van der Waals surface area contributed by atoms with E-state index in [-0.39, 0.29) is 10.2 Å².